The van der Waals surface area contributed by atoms with Crippen LogP contribution in [0.4, 0.5) is 5.69 Å². The standard InChI is InChI=1S/C18H27N3O2S/c1-5-21(6-2)13-9-12-19-16(22)18(3)17(23)20(4)14-10-7-8-11-15(14)24-18/h7-8,10-11H,5-6,9,12-13H2,1-4H3,(H,19,22). The largest absolute Gasteiger partial charge is 0.354 e. The summed E-state index contributed by atoms with van der Waals surface area (Å²) in [6, 6.07) is 7.69. The summed E-state index contributed by atoms with van der Waals surface area (Å²) in [7, 11) is 1.73. The van der Waals surface area contributed by atoms with Crippen LogP contribution in [0, 0.1) is 0 Å². The molecule has 132 valence electrons. The molecule has 5 nitrogen and oxygen atoms in total. The van der Waals surface area contributed by atoms with Gasteiger partial charge in [-0.1, -0.05) is 37.7 Å². The normalized spacial score (nSPS) is 20.2. The van der Waals surface area contributed by atoms with Gasteiger partial charge in [0.2, 0.25) is 5.91 Å². The number of thioether (sulfide) groups is 1. The van der Waals surface area contributed by atoms with Gasteiger partial charge >= 0.3 is 0 Å². The molecule has 0 radical (unpaired) electrons. The van der Waals surface area contributed by atoms with Gasteiger partial charge in [-0.25, -0.2) is 0 Å². The van der Waals surface area contributed by atoms with E-state index in [-0.39, 0.29) is 11.8 Å². The fourth-order valence-corrected chi connectivity index (χ4v) is 4.16. The van der Waals surface area contributed by atoms with Crippen LogP contribution in [0.5, 0.6) is 0 Å². The van der Waals surface area contributed by atoms with E-state index in [1.54, 1.807) is 18.9 Å². The smallest absolute Gasteiger partial charge is 0.252 e. The SMILES string of the molecule is CCN(CC)CCCNC(=O)C1(C)Sc2ccccc2N(C)C1=O. The maximum atomic E-state index is 12.7. The minimum atomic E-state index is -1.11. The molecule has 1 atom stereocenters. The Bertz CT molecular complexity index is 604. The predicted octanol–water partition coefficient (Wildman–Crippen LogP) is 2.36. The lowest BCUT2D eigenvalue weighted by atomic mass is 10.1. The minimum absolute atomic E-state index is 0.174. The van der Waals surface area contributed by atoms with Crippen LogP contribution < -0.4 is 10.2 Å². The molecule has 24 heavy (non-hydrogen) atoms. The zero-order valence-electron chi connectivity index (χ0n) is 15.0. The second-order valence-corrected chi connectivity index (χ2v) is 7.56. The lowest BCUT2D eigenvalue weighted by Gasteiger charge is -2.37. The van der Waals surface area contributed by atoms with E-state index < -0.39 is 4.75 Å². The molecule has 2 amide bonds. The summed E-state index contributed by atoms with van der Waals surface area (Å²) >= 11 is 1.34. The van der Waals surface area contributed by atoms with Crippen LogP contribution in [-0.2, 0) is 9.59 Å². The highest BCUT2D eigenvalue weighted by atomic mass is 32.2. The Hall–Kier alpha value is -1.53. The molecule has 2 rings (SSSR count). The lowest BCUT2D eigenvalue weighted by Crippen LogP contribution is -2.55. The van der Waals surface area contributed by atoms with Crippen molar-refractivity contribution in [2.45, 2.75) is 36.8 Å². The lowest BCUT2D eigenvalue weighted by molar-refractivity contribution is -0.131. The van der Waals surface area contributed by atoms with Crippen LogP contribution in [0.2, 0.25) is 0 Å². The molecule has 0 fully saturated rings. The van der Waals surface area contributed by atoms with E-state index in [2.05, 4.69) is 24.1 Å². The quantitative estimate of drug-likeness (QED) is 0.606. The first kappa shape index (κ1) is 18.8. The van der Waals surface area contributed by atoms with E-state index in [9.17, 15) is 9.59 Å². The van der Waals surface area contributed by atoms with Crippen LogP contribution >= 0.6 is 11.8 Å². The van der Waals surface area contributed by atoms with Gasteiger partial charge in [-0.05, 0) is 45.1 Å². The number of nitrogens with one attached hydrogen (secondary N) is 1. The van der Waals surface area contributed by atoms with Crippen molar-refractivity contribution in [2.75, 3.05) is 38.1 Å². The molecule has 0 aromatic heterocycles. The first-order chi connectivity index (χ1) is 11.4. The summed E-state index contributed by atoms with van der Waals surface area (Å²) in [5, 5.41) is 2.94. The first-order valence-corrected chi connectivity index (χ1v) is 9.32. The molecule has 0 bridgehead atoms. The van der Waals surface area contributed by atoms with Gasteiger partial charge in [-0.15, -0.1) is 0 Å². The van der Waals surface area contributed by atoms with E-state index in [4.69, 9.17) is 0 Å². The number of anilines is 1. The van der Waals surface area contributed by atoms with Crippen molar-refractivity contribution >= 4 is 29.3 Å². The van der Waals surface area contributed by atoms with Crippen LogP contribution in [-0.4, -0.2) is 54.7 Å². The van der Waals surface area contributed by atoms with Crippen LogP contribution in [0.25, 0.3) is 0 Å². The predicted molar refractivity (Wildman–Crippen MR) is 99.5 cm³/mol. The van der Waals surface area contributed by atoms with Gasteiger partial charge in [0.25, 0.3) is 5.91 Å². The van der Waals surface area contributed by atoms with E-state index in [0.29, 0.717) is 6.54 Å². The number of hydrogen-bond acceptors (Lipinski definition) is 4. The summed E-state index contributed by atoms with van der Waals surface area (Å²) in [4.78, 5) is 30.3. The van der Waals surface area contributed by atoms with Crippen molar-refractivity contribution in [3.8, 4) is 0 Å². The van der Waals surface area contributed by atoms with E-state index in [1.165, 1.54) is 11.8 Å². The van der Waals surface area contributed by atoms with Crippen molar-refractivity contribution in [3.05, 3.63) is 24.3 Å². The molecule has 1 aromatic carbocycles. The third kappa shape index (κ3) is 3.75. The van der Waals surface area contributed by atoms with Crippen LogP contribution in [0.3, 0.4) is 0 Å². The van der Waals surface area contributed by atoms with E-state index >= 15 is 0 Å². The molecular formula is C18H27N3O2S. The molecule has 1 heterocycles. The average molecular weight is 350 g/mol. The summed E-state index contributed by atoms with van der Waals surface area (Å²) < 4.78 is -1.11. The second-order valence-electron chi connectivity index (χ2n) is 6.10. The van der Waals surface area contributed by atoms with Crippen molar-refractivity contribution in [1.29, 1.82) is 0 Å². The monoisotopic (exact) mass is 349 g/mol. The van der Waals surface area contributed by atoms with Crippen LogP contribution in [0.15, 0.2) is 29.2 Å². The van der Waals surface area contributed by atoms with Crippen molar-refractivity contribution in [3.63, 3.8) is 0 Å². The maximum absolute atomic E-state index is 12.7. The Morgan fingerprint density at radius 3 is 2.62 bits per heavy atom. The number of hydrogen-bond donors (Lipinski definition) is 1. The number of fused-ring (bicyclic) bond motifs is 1. The molecule has 1 unspecified atom stereocenters. The molecule has 1 aliphatic heterocycles. The van der Waals surface area contributed by atoms with Crippen molar-refractivity contribution in [1.82, 2.24) is 10.2 Å². The minimum Gasteiger partial charge on any atom is -0.354 e. The number of rotatable bonds is 7. The highest BCUT2D eigenvalue weighted by Crippen LogP contribution is 2.44. The average Bonchev–Trinajstić information content (AvgIpc) is 2.59. The number of carbonyl (C=O) groups excluding carboxylic acids is 2. The van der Waals surface area contributed by atoms with Gasteiger partial charge in [0.05, 0.1) is 5.69 Å². The van der Waals surface area contributed by atoms with Gasteiger partial charge in [0.15, 0.2) is 4.75 Å². The number of benzene rings is 1. The van der Waals surface area contributed by atoms with Crippen LogP contribution in [0.1, 0.15) is 27.2 Å². The summed E-state index contributed by atoms with van der Waals surface area (Å²) in [6.45, 7) is 9.54. The van der Waals surface area contributed by atoms with E-state index in [0.717, 1.165) is 36.6 Å². The number of carbonyl (C=O) groups is 2. The summed E-state index contributed by atoms with van der Waals surface area (Å²) in [5.41, 5.74) is 0.860. The molecule has 1 N–H and O–H groups in total. The fraction of sp³-hybridized carbons (Fsp3) is 0.556. The number of amides is 2. The fourth-order valence-electron chi connectivity index (χ4n) is 2.87. The second kappa shape index (κ2) is 8.03. The Morgan fingerprint density at radius 1 is 1.29 bits per heavy atom. The molecule has 0 saturated carbocycles. The molecule has 0 saturated heterocycles. The van der Waals surface area contributed by atoms with Gasteiger partial charge < -0.3 is 15.1 Å². The Labute approximate surface area is 148 Å². The Kier molecular flexibility index (Phi) is 6.29. The van der Waals surface area contributed by atoms with Crippen molar-refractivity contribution < 1.29 is 9.59 Å². The van der Waals surface area contributed by atoms with Gasteiger partial charge in [-0.2, -0.15) is 0 Å². The van der Waals surface area contributed by atoms with Gasteiger partial charge in [-0.3, -0.25) is 9.59 Å². The topological polar surface area (TPSA) is 52.7 Å². The molecule has 6 heteroatoms. The zero-order valence-corrected chi connectivity index (χ0v) is 15.8. The third-order valence-corrected chi connectivity index (χ3v) is 5.85. The van der Waals surface area contributed by atoms with Gasteiger partial charge in [0.1, 0.15) is 0 Å². The highest BCUT2D eigenvalue weighted by Gasteiger charge is 2.48. The zero-order chi connectivity index (χ0) is 17.7. The first-order valence-electron chi connectivity index (χ1n) is 8.50. The molecule has 1 aromatic rings. The Morgan fingerprint density at radius 2 is 1.96 bits per heavy atom. The molecule has 0 spiro atoms. The van der Waals surface area contributed by atoms with Gasteiger partial charge in [0, 0.05) is 18.5 Å². The summed E-state index contributed by atoms with van der Waals surface area (Å²) in [5.74, 6) is -0.383. The highest BCUT2D eigenvalue weighted by molar-refractivity contribution is 8.02. The third-order valence-electron chi connectivity index (χ3n) is 4.52. The molecule has 1 aliphatic rings. The summed E-state index contributed by atoms with van der Waals surface area (Å²) in [6.07, 6.45) is 0.884. The molecule has 0 aliphatic carbocycles. The van der Waals surface area contributed by atoms with Crippen molar-refractivity contribution in [2.24, 2.45) is 0 Å². The Balaban J connectivity index is 2.00. The van der Waals surface area contributed by atoms with E-state index in [1.807, 2.05) is 24.3 Å². The molecular weight excluding hydrogens is 322 g/mol. The number of para-hydroxylation sites is 1. The maximum Gasteiger partial charge on any atom is 0.252 e. The number of nitrogens with zero attached hydrogens (tertiary/aromatic N) is 2.